The van der Waals surface area contributed by atoms with Gasteiger partial charge in [0.25, 0.3) is 0 Å². The molecule has 1 aromatic carbocycles. The number of benzene rings is 1. The minimum atomic E-state index is -5.39. The molecule has 1 aromatic rings. The number of phosphoric acid groups is 3. The van der Waals surface area contributed by atoms with Crippen LogP contribution in [0.25, 0.3) is 0 Å². The maximum atomic E-state index is 8.55. The van der Waals surface area contributed by atoms with Gasteiger partial charge in [0.15, 0.2) is 0 Å². The molecule has 0 radical (unpaired) electrons. The average Bonchev–Trinajstić information content (AvgIpc) is 2.55. The van der Waals surface area contributed by atoms with Crippen LogP contribution in [0, 0.1) is 0 Å². The molecule has 0 aliphatic carbocycles. The standard InChI is InChI=1S/C6H6.4C3H8.3H3O4P/c1-2-4-6-5-3-1;4*1-3-2;3*1-5(2,3)4/h1-6H;4*3H2,1-2H3;3*(H3,1,2,3,4)/p-9. The third kappa shape index (κ3) is 894. The first-order valence-electron chi connectivity index (χ1n) is 9.85. The Morgan fingerprint density at radius 3 is 0.424 bits per heavy atom. The van der Waals surface area contributed by atoms with Gasteiger partial charge in [0.05, 0.1) is 0 Å². The summed E-state index contributed by atoms with van der Waals surface area (Å²) in [5, 5.41) is 0. The highest BCUT2D eigenvalue weighted by Crippen LogP contribution is 2.04. The molecule has 0 N–H and O–H groups in total. The fourth-order valence-corrected chi connectivity index (χ4v) is 0.385. The predicted octanol–water partition coefficient (Wildman–Crippen LogP) is -1.12. The molecule has 0 unspecified atom stereocenters. The second kappa shape index (κ2) is 38.8. The summed E-state index contributed by atoms with van der Waals surface area (Å²) in [5.41, 5.74) is 0. The van der Waals surface area contributed by atoms with Crippen molar-refractivity contribution in [2.24, 2.45) is 0 Å². The molecule has 0 heterocycles. The molecule has 0 aromatic heterocycles. The van der Waals surface area contributed by atoms with Crippen LogP contribution in [0.15, 0.2) is 36.4 Å². The molecule has 12 nitrogen and oxygen atoms in total. The topological polar surface area (TPSA) is 259 Å². The summed E-state index contributed by atoms with van der Waals surface area (Å²) in [4.78, 5) is 76.9. The van der Waals surface area contributed by atoms with Crippen molar-refractivity contribution in [3.05, 3.63) is 36.4 Å². The summed E-state index contributed by atoms with van der Waals surface area (Å²) < 4.78 is 25.6. The van der Waals surface area contributed by atoms with E-state index >= 15 is 0 Å². The maximum Gasteiger partial charge on any atom is -0.0590 e. The lowest BCUT2D eigenvalue weighted by Crippen LogP contribution is -2.24. The lowest BCUT2D eigenvalue weighted by Gasteiger charge is -2.36. The number of rotatable bonds is 0. The van der Waals surface area contributed by atoms with Gasteiger partial charge < -0.3 is 57.7 Å². The molecule has 15 heteroatoms. The molecule has 0 aliphatic rings. The first-order chi connectivity index (χ1) is 14.7. The molecule has 0 bridgehead atoms. The second-order valence-electron chi connectivity index (χ2n) is 5.32. The van der Waals surface area contributed by atoms with Gasteiger partial charge >= 0.3 is 0 Å². The first-order valence-corrected chi connectivity index (χ1v) is 14.2. The van der Waals surface area contributed by atoms with Gasteiger partial charge in [-0.15, -0.1) is 0 Å². The van der Waals surface area contributed by atoms with E-state index in [2.05, 4.69) is 55.4 Å². The Bertz CT molecular complexity index is 435. The Kier molecular flexibility index (Phi) is 58.3. The molecule has 0 fully saturated rings. The highest BCUT2D eigenvalue weighted by molar-refractivity contribution is 7.40. The molecule has 0 atom stereocenters. The lowest BCUT2D eigenvalue weighted by molar-refractivity contribution is -0.434. The molecule has 33 heavy (non-hydrogen) atoms. The van der Waals surface area contributed by atoms with E-state index < -0.39 is 23.5 Å². The Balaban J connectivity index is -0.0000000477. The van der Waals surface area contributed by atoms with Crippen LogP contribution in [-0.4, -0.2) is 0 Å². The van der Waals surface area contributed by atoms with Gasteiger partial charge in [-0.3, -0.25) is 0 Å². The summed E-state index contributed by atoms with van der Waals surface area (Å²) in [6, 6.07) is 12.0. The van der Waals surface area contributed by atoms with Crippen LogP contribution in [0.3, 0.4) is 0 Å². The van der Waals surface area contributed by atoms with E-state index in [-0.39, 0.29) is 0 Å². The van der Waals surface area contributed by atoms with Crippen molar-refractivity contribution in [1.82, 2.24) is 0 Å². The van der Waals surface area contributed by atoms with Gasteiger partial charge in [0, 0.05) is 0 Å². The number of hydrogen-bond acceptors (Lipinski definition) is 12. The molecule has 0 amide bonds. The van der Waals surface area contributed by atoms with Gasteiger partial charge in [0.2, 0.25) is 0 Å². The monoisotopic (exact) mass is 539 g/mol. The van der Waals surface area contributed by atoms with Crippen LogP contribution in [0.4, 0.5) is 0 Å². The molecule has 0 aliphatic heterocycles. The molecule has 206 valence electrons. The van der Waals surface area contributed by atoms with Crippen molar-refractivity contribution in [3.63, 3.8) is 0 Å². The summed E-state index contributed by atoms with van der Waals surface area (Å²) in [6.07, 6.45) is 5.00. The van der Waals surface area contributed by atoms with Crippen molar-refractivity contribution >= 4 is 23.5 Å². The summed E-state index contributed by atoms with van der Waals surface area (Å²) in [7, 11) is -16.2. The first kappa shape index (κ1) is 49.6. The number of hydrogen-bond donors (Lipinski definition) is 0. The zero-order chi connectivity index (χ0) is 28.6. The third-order valence-corrected chi connectivity index (χ3v) is 0.667. The van der Waals surface area contributed by atoms with E-state index in [1.54, 1.807) is 0 Å². The molecule has 1 rings (SSSR count). The Hall–Kier alpha value is -0.450. The van der Waals surface area contributed by atoms with E-state index in [1.165, 1.54) is 25.7 Å². The van der Waals surface area contributed by atoms with E-state index in [0.717, 1.165) is 0 Å². The Morgan fingerprint density at radius 2 is 0.394 bits per heavy atom. The fourth-order valence-electron chi connectivity index (χ4n) is 0.385. The average molecular weight is 539 g/mol. The van der Waals surface area contributed by atoms with Gasteiger partial charge in [-0.25, -0.2) is 0 Å². The van der Waals surface area contributed by atoms with Crippen molar-refractivity contribution in [1.29, 1.82) is 0 Å². The highest BCUT2D eigenvalue weighted by Gasteiger charge is 1.57. The molecular formula is C18H38O12P3-9. The van der Waals surface area contributed by atoms with E-state index in [4.69, 9.17) is 57.7 Å². The van der Waals surface area contributed by atoms with Crippen LogP contribution in [0.5, 0.6) is 0 Å². The van der Waals surface area contributed by atoms with Crippen LogP contribution < -0.4 is 44.0 Å². The molecule has 0 spiro atoms. The normalized spacial score (nSPS) is 9.00. The smallest absolute Gasteiger partial charge is 0.0590 e. The second-order valence-corrected chi connectivity index (χ2v) is 8.01. The van der Waals surface area contributed by atoms with Crippen LogP contribution in [0.2, 0.25) is 0 Å². The van der Waals surface area contributed by atoms with E-state index in [0.29, 0.717) is 0 Å². The molecule has 0 saturated carbocycles. The molecular weight excluding hydrogens is 501 g/mol. The quantitative estimate of drug-likeness (QED) is 0.355. The fraction of sp³-hybridized carbons (Fsp3) is 0.667. The van der Waals surface area contributed by atoms with Gasteiger partial charge in [-0.05, 0) is 0 Å². The van der Waals surface area contributed by atoms with Gasteiger partial charge in [-0.2, -0.15) is 23.5 Å². The summed E-state index contributed by atoms with van der Waals surface area (Å²) >= 11 is 0. The van der Waals surface area contributed by atoms with Crippen molar-refractivity contribution in [2.45, 2.75) is 81.1 Å². The van der Waals surface area contributed by atoms with Gasteiger partial charge in [0.1, 0.15) is 0 Å². The highest BCUT2D eigenvalue weighted by atomic mass is 31.2. The Morgan fingerprint density at radius 1 is 0.364 bits per heavy atom. The van der Waals surface area contributed by atoms with Crippen molar-refractivity contribution in [3.8, 4) is 0 Å². The minimum Gasteiger partial charge on any atom is -0.822 e. The SMILES string of the molecule is CCC.CCC.CCC.CCC.O=P([O-])([O-])[O-].O=P([O-])([O-])[O-].O=P([O-])([O-])[O-].c1ccccc1. The minimum absolute atomic E-state index is 1.25. The maximum absolute atomic E-state index is 8.55. The lowest BCUT2D eigenvalue weighted by atomic mass is 10.4. The summed E-state index contributed by atoms with van der Waals surface area (Å²) in [5.74, 6) is 0. The predicted molar refractivity (Wildman–Crippen MR) is 113 cm³/mol. The van der Waals surface area contributed by atoms with Crippen LogP contribution >= 0.6 is 23.5 Å². The third-order valence-electron chi connectivity index (χ3n) is 0.667. The van der Waals surface area contributed by atoms with E-state index in [9.17, 15) is 0 Å². The summed E-state index contributed by atoms with van der Waals surface area (Å²) in [6.45, 7) is 17.0. The van der Waals surface area contributed by atoms with Crippen LogP contribution in [-0.2, 0) is 13.7 Å². The van der Waals surface area contributed by atoms with Crippen LogP contribution in [0.1, 0.15) is 81.1 Å². The zero-order valence-corrected chi connectivity index (χ0v) is 23.2. The Labute approximate surface area is 199 Å². The van der Waals surface area contributed by atoms with Crippen molar-refractivity contribution < 1.29 is 57.7 Å². The zero-order valence-electron chi connectivity index (χ0n) is 20.5. The van der Waals surface area contributed by atoms with Gasteiger partial charge in [-0.1, -0.05) is 117 Å². The molecule has 0 saturated heterocycles. The largest absolute Gasteiger partial charge is 0.822 e. The van der Waals surface area contributed by atoms with Crippen molar-refractivity contribution in [2.75, 3.05) is 0 Å². The van der Waals surface area contributed by atoms with E-state index in [1.807, 2.05) is 36.4 Å².